The highest BCUT2D eigenvalue weighted by Crippen LogP contribution is 2.29. The second-order valence-electron chi connectivity index (χ2n) is 7.21. The summed E-state index contributed by atoms with van der Waals surface area (Å²) in [7, 11) is 0. The van der Waals surface area contributed by atoms with Gasteiger partial charge in [0.1, 0.15) is 21.6 Å². The van der Waals surface area contributed by atoms with Crippen LogP contribution in [0.15, 0.2) is 35.4 Å². The van der Waals surface area contributed by atoms with E-state index in [1.165, 1.54) is 40.8 Å². The van der Waals surface area contributed by atoms with Gasteiger partial charge in [0, 0.05) is 0 Å². The summed E-state index contributed by atoms with van der Waals surface area (Å²) in [6.07, 6.45) is 6.59. The lowest BCUT2D eigenvalue weighted by molar-refractivity contribution is 0.0216. The van der Waals surface area contributed by atoms with Crippen molar-refractivity contribution in [2.45, 2.75) is 51.7 Å². The maximum absolute atomic E-state index is 13.1. The summed E-state index contributed by atoms with van der Waals surface area (Å²) in [5.41, 5.74) is 1.21. The van der Waals surface area contributed by atoms with E-state index in [0.717, 1.165) is 31.2 Å². The molecule has 146 valence electrons. The van der Waals surface area contributed by atoms with Crippen LogP contribution in [-0.2, 0) is 11.3 Å². The van der Waals surface area contributed by atoms with E-state index in [4.69, 9.17) is 4.74 Å². The number of rotatable bonds is 4. The number of fused-ring (bicyclic) bond motifs is 1. The van der Waals surface area contributed by atoms with Crippen LogP contribution in [-0.4, -0.2) is 21.6 Å². The summed E-state index contributed by atoms with van der Waals surface area (Å²) in [5, 5.41) is 0.449. The van der Waals surface area contributed by atoms with E-state index < -0.39 is 0 Å². The molecule has 7 heteroatoms. The third kappa shape index (κ3) is 3.71. The molecule has 0 amide bonds. The number of esters is 1. The number of ether oxygens (including phenoxy) is 1. The zero-order valence-electron chi connectivity index (χ0n) is 15.6. The van der Waals surface area contributed by atoms with Gasteiger partial charge in [-0.2, -0.15) is 0 Å². The van der Waals surface area contributed by atoms with Crippen molar-refractivity contribution in [1.29, 1.82) is 0 Å². The van der Waals surface area contributed by atoms with Crippen LogP contribution in [0.4, 0.5) is 4.39 Å². The molecule has 0 atom stereocenters. The van der Waals surface area contributed by atoms with Gasteiger partial charge < -0.3 is 4.74 Å². The lowest BCUT2D eigenvalue weighted by Gasteiger charge is -2.21. The van der Waals surface area contributed by atoms with E-state index >= 15 is 0 Å². The zero-order chi connectivity index (χ0) is 19.7. The van der Waals surface area contributed by atoms with Gasteiger partial charge in [0.15, 0.2) is 0 Å². The number of carbonyl (C=O) groups excluding carboxylic acids is 1. The van der Waals surface area contributed by atoms with Crippen molar-refractivity contribution < 1.29 is 13.9 Å². The Bertz CT molecular complexity index is 1070. The molecular weight excluding hydrogens is 379 g/mol. The molecule has 1 aliphatic carbocycles. The molecule has 1 fully saturated rings. The molecule has 0 aliphatic heterocycles. The highest BCUT2D eigenvalue weighted by molar-refractivity contribution is 7.20. The van der Waals surface area contributed by atoms with Crippen molar-refractivity contribution in [1.82, 2.24) is 9.55 Å². The normalized spacial score (nSPS) is 15.1. The van der Waals surface area contributed by atoms with Crippen molar-refractivity contribution in [3.8, 4) is 0 Å². The van der Waals surface area contributed by atoms with Crippen molar-refractivity contribution >= 4 is 27.5 Å². The minimum Gasteiger partial charge on any atom is -0.458 e. The monoisotopic (exact) mass is 400 g/mol. The second kappa shape index (κ2) is 7.83. The molecule has 2 aromatic heterocycles. The van der Waals surface area contributed by atoms with Crippen molar-refractivity contribution in [3.63, 3.8) is 0 Å². The number of halogens is 1. The van der Waals surface area contributed by atoms with Crippen molar-refractivity contribution in [3.05, 3.63) is 62.8 Å². The average Bonchev–Trinajstić information content (AvgIpc) is 3.04. The number of thiophene rings is 1. The Kier molecular flexibility index (Phi) is 5.26. The molecule has 0 saturated heterocycles. The van der Waals surface area contributed by atoms with Crippen LogP contribution in [0.25, 0.3) is 10.2 Å². The lowest BCUT2D eigenvalue weighted by Crippen LogP contribution is -2.22. The fourth-order valence-corrected chi connectivity index (χ4v) is 4.66. The molecule has 1 aromatic carbocycles. The number of hydrogen-bond donors (Lipinski definition) is 0. The standard InChI is InChI=1S/C21H21FN2O3S/c1-13-17-19(28-18(13)21(26)27-16-5-3-2-4-6-16)23-12-24(20(17)25)11-14-7-9-15(22)10-8-14/h7-10,12,16H,2-6,11H2,1H3. The SMILES string of the molecule is Cc1c(C(=O)OC2CCCCC2)sc2ncn(Cc3ccc(F)cc3)c(=O)c12. The summed E-state index contributed by atoms with van der Waals surface area (Å²) in [4.78, 5) is 30.9. The Balaban J connectivity index is 1.63. The summed E-state index contributed by atoms with van der Waals surface area (Å²) in [6.45, 7) is 2.06. The molecular formula is C21H21FN2O3S. The molecule has 1 saturated carbocycles. The van der Waals surface area contributed by atoms with E-state index in [2.05, 4.69) is 4.98 Å². The van der Waals surface area contributed by atoms with E-state index in [0.29, 0.717) is 27.2 Å². The molecule has 2 heterocycles. The van der Waals surface area contributed by atoms with Crippen LogP contribution in [0, 0.1) is 12.7 Å². The lowest BCUT2D eigenvalue weighted by atomic mass is 9.98. The quantitative estimate of drug-likeness (QED) is 0.608. The molecule has 5 nitrogen and oxygen atoms in total. The Morgan fingerprint density at radius 2 is 1.96 bits per heavy atom. The number of benzene rings is 1. The Morgan fingerprint density at radius 3 is 2.68 bits per heavy atom. The molecule has 0 N–H and O–H groups in total. The molecule has 0 spiro atoms. The number of aryl methyl sites for hydroxylation is 1. The van der Waals surface area contributed by atoms with Crippen LogP contribution in [0.1, 0.15) is 52.9 Å². The minimum atomic E-state index is -0.364. The summed E-state index contributed by atoms with van der Waals surface area (Å²) < 4.78 is 20.2. The molecule has 4 rings (SSSR count). The molecule has 0 bridgehead atoms. The predicted molar refractivity (Wildman–Crippen MR) is 106 cm³/mol. The smallest absolute Gasteiger partial charge is 0.348 e. The molecule has 0 unspecified atom stereocenters. The first-order chi connectivity index (χ1) is 13.5. The zero-order valence-corrected chi connectivity index (χ0v) is 16.4. The number of nitrogens with zero attached hydrogens (tertiary/aromatic N) is 2. The van der Waals surface area contributed by atoms with E-state index in [1.54, 1.807) is 19.1 Å². The summed E-state index contributed by atoms with van der Waals surface area (Å²) >= 11 is 1.20. The second-order valence-corrected chi connectivity index (χ2v) is 8.20. The van der Waals surface area contributed by atoms with Gasteiger partial charge in [-0.1, -0.05) is 18.6 Å². The van der Waals surface area contributed by atoms with Crippen molar-refractivity contribution in [2.24, 2.45) is 0 Å². The van der Waals surface area contributed by atoms with Crippen LogP contribution >= 0.6 is 11.3 Å². The number of aromatic nitrogens is 2. The van der Waals surface area contributed by atoms with Gasteiger partial charge in [0.25, 0.3) is 5.56 Å². The maximum Gasteiger partial charge on any atom is 0.348 e. The summed E-state index contributed by atoms with van der Waals surface area (Å²) in [5.74, 6) is -0.684. The fraction of sp³-hybridized carbons (Fsp3) is 0.381. The predicted octanol–water partition coefficient (Wildman–Crippen LogP) is 4.44. The Labute approximate surface area is 165 Å². The molecule has 28 heavy (non-hydrogen) atoms. The number of carbonyl (C=O) groups is 1. The van der Waals surface area contributed by atoms with E-state index in [-0.39, 0.29) is 23.4 Å². The van der Waals surface area contributed by atoms with Gasteiger partial charge in [-0.05, 0) is 55.9 Å². The molecule has 1 aliphatic rings. The van der Waals surface area contributed by atoms with E-state index in [1.807, 2.05) is 0 Å². The van der Waals surface area contributed by atoms with Crippen LogP contribution in [0.5, 0.6) is 0 Å². The topological polar surface area (TPSA) is 61.2 Å². The average molecular weight is 400 g/mol. The third-order valence-electron chi connectivity index (χ3n) is 5.19. The fourth-order valence-electron chi connectivity index (χ4n) is 3.64. The van der Waals surface area contributed by atoms with Crippen molar-refractivity contribution in [2.75, 3.05) is 0 Å². The number of hydrogen-bond acceptors (Lipinski definition) is 5. The largest absolute Gasteiger partial charge is 0.458 e. The molecule has 3 aromatic rings. The van der Waals surface area contributed by atoms with Crippen LogP contribution in [0.3, 0.4) is 0 Å². The third-order valence-corrected chi connectivity index (χ3v) is 6.37. The van der Waals surface area contributed by atoms with Crippen LogP contribution in [0.2, 0.25) is 0 Å². The highest BCUT2D eigenvalue weighted by atomic mass is 32.1. The first-order valence-electron chi connectivity index (χ1n) is 9.47. The van der Waals surface area contributed by atoms with Gasteiger partial charge in [0.2, 0.25) is 0 Å². The van der Waals surface area contributed by atoms with Gasteiger partial charge in [-0.3, -0.25) is 9.36 Å². The van der Waals surface area contributed by atoms with Gasteiger partial charge in [-0.25, -0.2) is 14.2 Å². The minimum absolute atomic E-state index is 0.0334. The van der Waals surface area contributed by atoms with Gasteiger partial charge in [0.05, 0.1) is 18.3 Å². The van der Waals surface area contributed by atoms with Gasteiger partial charge >= 0.3 is 5.97 Å². The van der Waals surface area contributed by atoms with Gasteiger partial charge in [-0.15, -0.1) is 11.3 Å². The van der Waals surface area contributed by atoms with E-state index in [9.17, 15) is 14.0 Å². The highest BCUT2D eigenvalue weighted by Gasteiger charge is 2.24. The summed E-state index contributed by atoms with van der Waals surface area (Å²) in [6, 6.07) is 6.00. The Morgan fingerprint density at radius 1 is 1.25 bits per heavy atom. The first-order valence-corrected chi connectivity index (χ1v) is 10.3. The Hall–Kier alpha value is -2.54. The van der Waals surface area contributed by atoms with Crippen LogP contribution < -0.4 is 5.56 Å². The first kappa shape index (κ1) is 18.8. The molecule has 0 radical (unpaired) electrons. The maximum atomic E-state index is 13.1.